The number of hydrogen-bond acceptors (Lipinski definition) is 6. The standard InChI is InChI=1S/C27H25N5O2S/c1-20-14-16-22(17-15-20)26-30-31-27(32(26)23-11-4-3-5-12-23)35-19-25(33)29-28-18-8-10-21-9-6-7-13-24(21)34-2/h3-18H,19H2,1-2H3,(H,29,33)/b10-8+,28-18+. The number of amides is 1. The van der Waals surface area contributed by atoms with Gasteiger partial charge in [0.1, 0.15) is 5.75 Å². The molecule has 7 nitrogen and oxygen atoms in total. The minimum Gasteiger partial charge on any atom is -0.496 e. The van der Waals surface area contributed by atoms with Crippen molar-refractivity contribution < 1.29 is 9.53 Å². The van der Waals surface area contributed by atoms with E-state index < -0.39 is 0 Å². The minimum atomic E-state index is -0.239. The van der Waals surface area contributed by atoms with Crippen LogP contribution in [0.4, 0.5) is 0 Å². The summed E-state index contributed by atoms with van der Waals surface area (Å²) in [4.78, 5) is 12.4. The van der Waals surface area contributed by atoms with Crippen molar-refractivity contribution in [1.82, 2.24) is 20.2 Å². The zero-order chi connectivity index (χ0) is 24.5. The fourth-order valence-corrected chi connectivity index (χ4v) is 4.07. The van der Waals surface area contributed by atoms with Crippen LogP contribution in [0.1, 0.15) is 11.1 Å². The van der Waals surface area contributed by atoms with E-state index in [2.05, 4.69) is 20.7 Å². The number of nitrogens with zero attached hydrogens (tertiary/aromatic N) is 4. The van der Waals surface area contributed by atoms with Crippen LogP contribution in [-0.4, -0.2) is 39.7 Å². The topological polar surface area (TPSA) is 81.4 Å². The van der Waals surface area contributed by atoms with Crippen LogP contribution in [-0.2, 0) is 4.79 Å². The molecule has 1 aromatic heterocycles. The van der Waals surface area contributed by atoms with Crippen LogP contribution < -0.4 is 10.2 Å². The van der Waals surface area contributed by atoms with Crippen LogP contribution in [0, 0.1) is 6.92 Å². The summed E-state index contributed by atoms with van der Waals surface area (Å²) in [5, 5.41) is 13.4. The maximum atomic E-state index is 12.4. The number of rotatable bonds is 9. The Morgan fingerprint density at radius 3 is 2.54 bits per heavy atom. The molecular formula is C27H25N5O2S. The fourth-order valence-electron chi connectivity index (χ4n) is 3.33. The third kappa shape index (κ3) is 6.24. The molecule has 0 unspecified atom stereocenters. The lowest BCUT2D eigenvalue weighted by Gasteiger charge is -2.10. The Bertz CT molecular complexity index is 1330. The molecule has 0 spiro atoms. The Morgan fingerprint density at radius 1 is 1.03 bits per heavy atom. The molecule has 8 heteroatoms. The largest absolute Gasteiger partial charge is 0.496 e. The van der Waals surface area contributed by atoms with Gasteiger partial charge in [0, 0.05) is 23.0 Å². The molecule has 0 saturated heterocycles. The second-order valence-electron chi connectivity index (χ2n) is 7.55. The molecule has 1 heterocycles. The summed E-state index contributed by atoms with van der Waals surface area (Å²) in [6.07, 6.45) is 5.13. The molecule has 0 radical (unpaired) electrons. The van der Waals surface area contributed by atoms with E-state index in [-0.39, 0.29) is 11.7 Å². The molecule has 0 saturated carbocycles. The second-order valence-corrected chi connectivity index (χ2v) is 8.49. The molecule has 176 valence electrons. The van der Waals surface area contributed by atoms with Crippen molar-refractivity contribution in [2.24, 2.45) is 5.10 Å². The van der Waals surface area contributed by atoms with E-state index in [4.69, 9.17) is 4.74 Å². The minimum absolute atomic E-state index is 0.145. The third-order valence-corrected chi connectivity index (χ3v) is 5.98. The van der Waals surface area contributed by atoms with Crippen molar-refractivity contribution in [3.63, 3.8) is 0 Å². The number of aromatic nitrogens is 3. The Balaban J connectivity index is 1.42. The first-order valence-electron chi connectivity index (χ1n) is 11.0. The molecule has 3 aromatic carbocycles. The molecule has 35 heavy (non-hydrogen) atoms. The molecule has 4 aromatic rings. The number of nitrogens with one attached hydrogen (secondary N) is 1. The molecule has 4 rings (SSSR count). The van der Waals surface area contributed by atoms with Gasteiger partial charge < -0.3 is 4.74 Å². The van der Waals surface area contributed by atoms with E-state index in [0.29, 0.717) is 5.16 Å². The van der Waals surface area contributed by atoms with Gasteiger partial charge in [-0.25, -0.2) is 5.43 Å². The van der Waals surface area contributed by atoms with Crippen LogP contribution in [0.25, 0.3) is 23.2 Å². The first-order valence-corrected chi connectivity index (χ1v) is 12.0. The number of allylic oxidation sites excluding steroid dienone is 1. The van der Waals surface area contributed by atoms with Gasteiger partial charge in [0.2, 0.25) is 0 Å². The van der Waals surface area contributed by atoms with Crippen molar-refractivity contribution in [2.75, 3.05) is 12.9 Å². The van der Waals surface area contributed by atoms with Crippen LogP contribution in [0.2, 0.25) is 0 Å². The highest BCUT2D eigenvalue weighted by Gasteiger charge is 2.17. The van der Waals surface area contributed by atoms with E-state index >= 15 is 0 Å². The summed E-state index contributed by atoms with van der Waals surface area (Å²) in [7, 11) is 1.63. The average Bonchev–Trinajstić information content (AvgIpc) is 3.32. The van der Waals surface area contributed by atoms with Gasteiger partial charge in [0.15, 0.2) is 11.0 Å². The van der Waals surface area contributed by atoms with E-state index in [1.807, 2.05) is 96.4 Å². The summed E-state index contributed by atoms with van der Waals surface area (Å²) in [5.41, 5.74) is 6.52. The molecule has 0 bridgehead atoms. The lowest BCUT2D eigenvalue weighted by molar-refractivity contribution is -0.118. The summed E-state index contributed by atoms with van der Waals surface area (Å²) < 4.78 is 7.27. The number of aryl methyl sites for hydroxylation is 1. The smallest absolute Gasteiger partial charge is 0.250 e. The molecule has 0 fully saturated rings. The van der Waals surface area contributed by atoms with Gasteiger partial charge in [-0.3, -0.25) is 9.36 Å². The number of ether oxygens (including phenoxy) is 1. The summed E-state index contributed by atoms with van der Waals surface area (Å²) in [5.74, 6) is 1.40. The number of hydrazone groups is 1. The van der Waals surface area contributed by atoms with Crippen molar-refractivity contribution >= 4 is 30.0 Å². The Labute approximate surface area is 208 Å². The predicted octanol–water partition coefficient (Wildman–Crippen LogP) is 5.16. The highest BCUT2D eigenvalue weighted by Crippen LogP contribution is 2.28. The van der Waals surface area contributed by atoms with Gasteiger partial charge >= 0.3 is 0 Å². The maximum Gasteiger partial charge on any atom is 0.250 e. The number of carbonyl (C=O) groups excluding carboxylic acids is 1. The van der Waals surface area contributed by atoms with Crippen LogP contribution >= 0.6 is 11.8 Å². The highest BCUT2D eigenvalue weighted by atomic mass is 32.2. The number of carbonyl (C=O) groups is 1. The lowest BCUT2D eigenvalue weighted by atomic mass is 10.1. The number of hydrogen-bond donors (Lipinski definition) is 1. The van der Waals surface area contributed by atoms with Gasteiger partial charge in [-0.05, 0) is 37.3 Å². The molecule has 0 atom stereocenters. The maximum absolute atomic E-state index is 12.4. The SMILES string of the molecule is COc1ccccc1/C=C/C=N/NC(=O)CSc1nnc(-c2ccc(C)cc2)n1-c1ccccc1. The summed E-state index contributed by atoms with van der Waals surface area (Å²) in [6, 6.07) is 25.6. The number of benzene rings is 3. The van der Waals surface area contributed by atoms with Crippen molar-refractivity contribution in [1.29, 1.82) is 0 Å². The summed E-state index contributed by atoms with van der Waals surface area (Å²) in [6.45, 7) is 2.04. The molecule has 0 aliphatic rings. The number of thioether (sulfide) groups is 1. The Kier molecular flexibility index (Phi) is 8.08. The van der Waals surface area contributed by atoms with Gasteiger partial charge in [-0.15, -0.1) is 10.2 Å². The predicted molar refractivity (Wildman–Crippen MR) is 141 cm³/mol. The zero-order valence-electron chi connectivity index (χ0n) is 19.5. The molecule has 1 amide bonds. The molecular weight excluding hydrogens is 458 g/mol. The highest BCUT2D eigenvalue weighted by molar-refractivity contribution is 7.99. The monoisotopic (exact) mass is 483 g/mol. The Hall–Kier alpha value is -4.17. The van der Waals surface area contributed by atoms with E-state index in [1.54, 1.807) is 13.2 Å². The number of methoxy groups -OCH3 is 1. The third-order valence-electron chi connectivity index (χ3n) is 5.05. The van der Waals surface area contributed by atoms with Gasteiger partial charge in [0.05, 0.1) is 12.9 Å². The molecule has 0 aliphatic carbocycles. The van der Waals surface area contributed by atoms with Crippen molar-refractivity contribution in [3.8, 4) is 22.8 Å². The van der Waals surface area contributed by atoms with Gasteiger partial charge in [-0.2, -0.15) is 5.10 Å². The quantitative estimate of drug-likeness (QED) is 0.202. The van der Waals surface area contributed by atoms with E-state index in [1.165, 1.54) is 23.5 Å². The lowest BCUT2D eigenvalue weighted by Crippen LogP contribution is -2.19. The molecule has 0 aliphatic heterocycles. The van der Waals surface area contributed by atoms with Crippen LogP contribution in [0.15, 0.2) is 95.2 Å². The molecule has 1 N–H and O–H groups in total. The van der Waals surface area contributed by atoms with Gasteiger partial charge in [0.25, 0.3) is 5.91 Å². The van der Waals surface area contributed by atoms with E-state index in [0.717, 1.165) is 28.4 Å². The number of para-hydroxylation sites is 2. The van der Waals surface area contributed by atoms with Crippen LogP contribution in [0.5, 0.6) is 5.75 Å². The van der Waals surface area contributed by atoms with Crippen molar-refractivity contribution in [2.45, 2.75) is 12.1 Å². The second kappa shape index (κ2) is 11.8. The summed E-state index contributed by atoms with van der Waals surface area (Å²) >= 11 is 1.30. The Morgan fingerprint density at radius 2 is 1.77 bits per heavy atom. The van der Waals surface area contributed by atoms with Crippen LogP contribution in [0.3, 0.4) is 0 Å². The fraction of sp³-hybridized carbons (Fsp3) is 0.111. The van der Waals surface area contributed by atoms with E-state index in [9.17, 15) is 4.79 Å². The first kappa shape index (κ1) is 24.0. The normalized spacial score (nSPS) is 11.3. The first-order chi connectivity index (χ1) is 17.2. The van der Waals surface area contributed by atoms with Crippen molar-refractivity contribution in [3.05, 3.63) is 96.1 Å². The zero-order valence-corrected chi connectivity index (χ0v) is 20.3. The van der Waals surface area contributed by atoms with Gasteiger partial charge in [-0.1, -0.05) is 78.0 Å². The average molecular weight is 484 g/mol.